The predicted molar refractivity (Wildman–Crippen MR) is 47.2 cm³/mol. The van der Waals surface area contributed by atoms with Gasteiger partial charge < -0.3 is 5.32 Å². The van der Waals surface area contributed by atoms with E-state index in [0.717, 1.165) is 12.5 Å². The van der Waals surface area contributed by atoms with Gasteiger partial charge in [-0.2, -0.15) is 0 Å². The molecule has 1 fully saturated rings. The van der Waals surface area contributed by atoms with Crippen LogP contribution in [-0.2, 0) is 0 Å². The Hall–Kier alpha value is -0.720. The number of hydrogen-bond donors (Lipinski definition) is 1. The average Bonchev–Trinajstić information content (AvgIpc) is 2.04. The smallest absolute Gasteiger partial charge is 0.0331 e. The predicted octanol–water partition coefficient (Wildman–Crippen LogP) is 2.22. The van der Waals surface area contributed by atoms with Gasteiger partial charge in [0.25, 0.3) is 0 Å². The fourth-order valence-electron chi connectivity index (χ4n) is 1.81. The molecular formula is C10H15N. The molecule has 11 heavy (non-hydrogen) atoms. The van der Waals surface area contributed by atoms with Crippen molar-refractivity contribution in [1.82, 2.24) is 5.32 Å². The van der Waals surface area contributed by atoms with Crippen LogP contribution >= 0.6 is 0 Å². The number of piperidine rings is 1. The average molecular weight is 149 g/mol. The first-order valence-corrected chi connectivity index (χ1v) is 4.51. The van der Waals surface area contributed by atoms with Crippen molar-refractivity contribution in [3.63, 3.8) is 0 Å². The van der Waals surface area contributed by atoms with E-state index in [1.54, 1.807) is 5.57 Å². The van der Waals surface area contributed by atoms with Crippen LogP contribution in [0.3, 0.4) is 0 Å². The molecule has 1 heteroatoms. The minimum Gasteiger partial charge on any atom is -0.385 e. The molecule has 60 valence electrons. The molecule has 1 saturated heterocycles. The lowest BCUT2D eigenvalue weighted by molar-refractivity contribution is 0.621. The van der Waals surface area contributed by atoms with Crippen LogP contribution in [0.4, 0.5) is 0 Å². The summed E-state index contributed by atoms with van der Waals surface area (Å²) in [5.74, 6) is 0.736. The molecule has 0 saturated carbocycles. The summed E-state index contributed by atoms with van der Waals surface area (Å²) < 4.78 is 0. The highest BCUT2D eigenvalue weighted by Gasteiger charge is 2.15. The summed E-state index contributed by atoms with van der Waals surface area (Å²) in [7, 11) is 0. The van der Waals surface area contributed by atoms with Gasteiger partial charge in [0.2, 0.25) is 0 Å². The summed E-state index contributed by atoms with van der Waals surface area (Å²) in [4.78, 5) is 0. The second-order valence-electron chi connectivity index (χ2n) is 3.55. The van der Waals surface area contributed by atoms with Crippen molar-refractivity contribution in [3.05, 3.63) is 23.4 Å². The number of fused-ring (bicyclic) bond motifs is 1. The molecule has 0 radical (unpaired) electrons. The van der Waals surface area contributed by atoms with E-state index in [4.69, 9.17) is 0 Å². The van der Waals surface area contributed by atoms with Gasteiger partial charge >= 0.3 is 0 Å². The van der Waals surface area contributed by atoms with Crippen LogP contribution in [-0.4, -0.2) is 6.54 Å². The van der Waals surface area contributed by atoms with Crippen LogP contribution in [0.5, 0.6) is 0 Å². The molecule has 1 aliphatic heterocycles. The third kappa shape index (κ3) is 1.32. The summed E-state index contributed by atoms with van der Waals surface area (Å²) >= 11 is 0. The van der Waals surface area contributed by atoms with Gasteiger partial charge in [0, 0.05) is 12.2 Å². The number of rotatable bonds is 0. The van der Waals surface area contributed by atoms with Crippen LogP contribution in [0.2, 0.25) is 0 Å². The second kappa shape index (κ2) is 2.72. The standard InChI is InChI=1S/C10H15N/c1-8-4-5-9-3-2-6-11-10(9)7-8/h5,7-8,11H,2-4,6H2,1H3. The van der Waals surface area contributed by atoms with Gasteiger partial charge in [-0.1, -0.05) is 19.1 Å². The Morgan fingerprint density at radius 1 is 1.55 bits per heavy atom. The first-order chi connectivity index (χ1) is 5.36. The van der Waals surface area contributed by atoms with E-state index in [2.05, 4.69) is 24.4 Å². The number of nitrogens with one attached hydrogen (secondary N) is 1. The number of allylic oxidation sites excluding steroid dienone is 3. The highest BCUT2D eigenvalue weighted by molar-refractivity contribution is 5.34. The Bertz CT molecular complexity index is 213. The third-order valence-electron chi connectivity index (χ3n) is 2.47. The van der Waals surface area contributed by atoms with Gasteiger partial charge in [-0.3, -0.25) is 0 Å². The maximum Gasteiger partial charge on any atom is 0.0331 e. The summed E-state index contributed by atoms with van der Waals surface area (Å²) in [6.45, 7) is 3.44. The number of hydrogen-bond acceptors (Lipinski definition) is 1. The summed E-state index contributed by atoms with van der Waals surface area (Å²) in [5, 5.41) is 3.44. The molecule has 0 aromatic carbocycles. The molecule has 1 nitrogen and oxygen atoms in total. The Morgan fingerprint density at radius 2 is 2.45 bits per heavy atom. The van der Waals surface area contributed by atoms with Crippen molar-refractivity contribution in [2.24, 2.45) is 5.92 Å². The molecule has 1 unspecified atom stereocenters. The molecule has 1 atom stereocenters. The van der Waals surface area contributed by atoms with E-state index >= 15 is 0 Å². The van der Waals surface area contributed by atoms with E-state index in [-0.39, 0.29) is 0 Å². The molecule has 0 bridgehead atoms. The largest absolute Gasteiger partial charge is 0.385 e. The van der Waals surface area contributed by atoms with Crippen molar-refractivity contribution in [1.29, 1.82) is 0 Å². The van der Waals surface area contributed by atoms with Gasteiger partial charge in [-0.15, -0.1) is 0 Å². The Balaban J connectivity index is 2.19. The van der Waals surface area contributed by atoms with Gasteiger partial charge in [-0.05, 0) is 30.8 Å². The summed E-state index contributed by atoms with van der Waals surface area (Å²) in [6, 6.07) is 0. The van der Waals surface area contributed by atoms with E-state index in [0.29, 0.717) is 0 Å². The van der Waals surface area contributed by atoms with Gasteiger partial charge in [0.05, 0.1) is 0 Å². The maximum atomic E-state index is 3.44. The summed E-state index contributed by atoms with van der Waals surface area (Å²) in [5.41, 5.74) is 2.96. The van der Waals surface area contributed by atoms with Crippen LogP contribution in [0.25, 0.3) is 0 Å². The van der Waals surface area contributed by atoms with Crippen LogP contribution in [0.15, 0.2) is 23.4 Å². The van der Waals surface area contributed by atoms with E-state index in [9.17, 15) is 0 Å². The van der Waals surface area contributed by atoms with Crippen molar-refractivity contribution >= 4 is 0 Å². The topological polar surface area (TPSA) is 12.0 Å². The third-order valence-corrected chi connectivity index (χ3v) is 2.47. The SMILES string of the molecule is CC1C=C2NCCCC2=CC1. The van der Waals surface area contributed by atoms with Gasteiger partial charge in [0.15, 0.2) is 0 Å². The minimum atomic E-state index is 0.736. The van der Waals surface area contributed by atoms with Crippen molar-refractivity contribution < 1.29 is 0 Å². The quantitative estimate of drug-likeness (QED) is 0.557. The molecule has 2 rings (SSSR count). The lowest BCUT2D eigenvalue weighted by Gasteiger charge is -2.25. The normalized spacial score (nSPS) is 29.7. The molecule has 1 heterocycles. The molecule has 0 aromatic heterocycles. The van der Waals surface area contributed by atoms with Crippen molar-refractivity contribution in [2.75, 3.05) is 6.54 Å². The van der Waals surface area contributed by atoms with Crippen molar-refractivity contribution in [3.8, 4) is 0 Å². The fourth-order valence-corrected chi connectivity index (χ4v) is 1.81. The van der Waals surface area contributed by atoms with Crippen LogP contribution in [0.1, 0.15) is 26.2 Å². The Labute approximate surface area is 68.2 Å². The first kappa shape index (κ1) is 6.96. The van der Waals surface area contributed by atoms with Gasteiger partial charge in [0.1, 0.15) is 0 Å². The van der Waals surface area contributed by atoms with Crippen molar-refractivity contribution in [2.45, 2.75) is 26.2 Å². The highest BCUT2D eigenvalue weighted by Crippen LogP contribution is 2.26. The zero-order chi connectivity index (χ0) is 7.68. The first-order valence-electron chi connectivity index (χ1n) is 4.51. The molecule has 2 aliphatic rings. The van der Waals surface area contributed by atoms with Crippen LogP contribution in [0, 0.1) is 5.92 Å². The fraction of sp³-hybridized carbons (Fsp3) is 0.600. The molecule has 1 aliphatic carbocycles. The Morgan fingerprint density at radius 3 is 3.36 bits per heavy atom. The lowest BCUT2D eigenvalue weighted by Crippen LogP contribution is -2.24. The zero-order valence-corrected chi connectivity index (χ0v) is 7.06. The molecule has 1 N–H and O–H groups in total. The summed E-state index contributed by atoms with van der Waals surface area (Å²) in [6.07, 6.45) is 8.59. The van der Waals surface area contributed by atoms with E-state index < -0.39 is 0 Å². The molecule has 0 amide bonds. The molecule has 0 spiro atoms. The second-order valence-corrected chi connectivity index (χ2v) is 3.55. The maximum absolute atomic E-state index is 3.44. The molecule has 0 aromatic rings. The van der Waals surface area contributed by atoms with E-state index in [1.807, 2.05) is 0 Å². The molecular weight excluding hydrogens is 134 g/mol. The highest BCUT2D eigenvalue weighted by atomic mass is 14.9. The monoisotopic (exact) mass is 149 g/mol. The minimum absolute atomic E-state index is 0.736. The Kier molecular flexibility index (Phi) is 1.72. The van der Waals surface area contributed by atoms with Gasteiger partial charge in [-0.25, -0.2) is 0 Å². The van der Waals surface area contributed by atoms with Crippen LogP contribution < -0.4 is 5.32 Å². The lowest BCUT2D eigenvalue weighted by atomic mass is 9.91. The zero-order valence-electron chi connectivity index (χ0n) is 7.06. The van der Waals surface area contributed by atoms with E-state index in [1.165, 1.54) is 25.0 Å².